The maximum atomic E-state index is 12.4. The number of nitrogens with zero attached hydrogens (tertiary/aromatic N) is 4. The van der Waals surface area contributed by atoms with Crippen molar-refractivity contribution >= 4 is 22.8 Å². The number of furan rings is 1. The first kappa shape index (κ1) is 18.4. The monoisotopic (exact) mass is 379 g/mol. The third kappa shape index (κ3) is 3.99. The summed E-state index contributed by atoms with van der Waals surface area (Å²) in [6, 6.07) is 7.68. The van der Waals surface area contributed by atoms with Gasteiger partial charge in [0.2, 0.25) is 5.95 Å². The van der Waals surface area contributed by atoms with Crippen molar-refractivity contribution < 1.29 is 9.21 Å². The average molecular weight is 379 g/mol. The van der Waals surface area contributed by atoms with E-state index in [1.54, 1.807) is 12.4 Å². The minimum absolute atomic E-state index is 0.164. The molecule has 3 aromatic rings. The quantitative estimate of drug-likeness (QED) is 0.734. The number of benzene rings is 1. The Balaban J connectivity index is 1.26. The second-order valence-corrected chi connectivity index (χ2v) is 7.22. The molecule has 1 N–H and O–H groups in total. The summed E-state index contributed by atoms with van der Waals surface area (Å²) in [5, 5.41) is 3.93. The molecule has 1 aliphatic rings. The number of amides is 1. The minimum atomic E-state index is -0.164. The maximum absolute atomic E-state index is 12.4. The zero-order valence-electron chi connectivity index (χ0n) is 16.3. The Morgan fingerprint density at radius 3 is 2.54 bits per heavy atom. The number of hydrogen-bond acceptors (Lipinski definition) is 6. The van der Waals surface area contributed by atoms with Crippen molar-refractivity contribution in [2.45, 2.75) is 13.8 Å². The molecule has 0 bridgehead atoms. The maximum Gasteiger partial charge on any atom is 0.287 e. The number of carbonyl (C=O) groups is 1. The number of aryl methyl sites for hydroxylation is 2. The first-order chi connectivity index (χ1) is 13.6. The van der Waals surface area contributed by atoms with Gasteiger partial charge in [0.15, 0.2) is 5.76 Å². The summed E-state index contributed by atoms with van der Waals surface area (Å²) in [6.07, 6.45) is 3.54. The van der Waals surface area contributed by atoms with E-state index in [1.807, 2.05) is 25.1 Å². The molecule has 1 fully saturated rings. The van der Waals surface area contributed by atoms with Crippen LogP contribution in [0.2, 0.25) is 0 Å². The molecule has 7 nitrogen and oxygen atoms in total. The van der Waals surface area contributed by atoms with Gasteiger partial charge < -0.3 is 14.6 Å². The second kappa shape index (κ2) is 7.98. The molecule has 3 heterocycles. The summed E-state index contributed by atoms with van der Waals surface area (Å²) >= 11 is 0. The topological polar surface area (TPSA) is 74.5 Å². The van der Waals surface area contributed by atoms with Gasteiger partial charge in [0.05, 0.1) is 0 Å². The number of fused-ring (bicyclic) bond motifs is 1. The van der Waals surface area contributed by atoms with Gasteiger partial charge in [-0.25, -0.2) is 9.97 Å². The van der Waals surface area contributed by atoms with E-state index in [-0.39, 0.29) is 5.91 Å². The van der Waals surface area contributed by atoms with Crippen LogP contribution < -0.4 is 10.2 Å². The third-order valence-corrected chi connectivity index (χ3v) is 5.28. The lowest BCUT2D eigenvalue weighted by atomic mass is 10.1. The van der Waals surface area contributed by atoms with Gasteiger partial charge in [-0.05, 0) is 49.2 Å². The average Bonchev–Trinajstić information content (AvgIpc) is 3.12. The summed E-state index contributed by atoms with van der Waals surface area (Å²) in [5.41, 5.74) is 3.11. The Morgan fingerprint density at radius 1 is 1.07 bits per heavy atom. The predicted molar refractivity (Wildman–Crippen MR) is 109 cm³/mol. The van der Waals surface area contributed by atoms with Crippen molar-refractivity contribution in [2.24, 2.45) is 0 Å². The SMILES string of the molecule is Cc1cc2cc(C(=O)NCCN3CCN(c4ncccn4)CC3)oc2cc1C. The summed E-state index contributed by atoms with van der Waals surface area (Å²) in [6.45, 7) is 9.14. The number of carbonyl (C=O) groups excluding carboxylic acids is 1. The van der Waals surface area contributed by atoms with Crippen molar-refractivity contribution in [2.75, 3.05) is 44.2 Å². The van der Waals surface area contributed by atoms with Crippen molar-refractivity contribution in [1.29, 1.82) is 0 Å². The Bertz CT molecular complexity index is 923. The minimum Gasteiger partial charge on any atom is -0.451 e. The highest BCUT2D eigenvalue weighted by atomic mass is 16.3. The van der Waals surface area contributed by atoms with Crippen LogP contribution in [0, 0.1) is 13.8 Å². The smallest absolute Gasteiger partial charge is 0.287 e. The van der Waals surface area contributed by atoms with E-state index in [9.17, 15) is 4.79 Å². The number of anilines is 1. The van der Waals surface area contributed by atoms with Crippen LogP contribution in [-0.2, 0) is 0 Å². The largest absolute Gasteiger partial charge is 0.451 e. The molecular formula is C21H25N5O2. The van der Waals surface area contributed by atoms with Gasteiger partial charge in [-0.1, -0.05) is 0 Å². The van der Waals surface area contributed by atoms with Crippen molar-refractivity contribution in [3.8, 4) is 0 Å². The molecule has 0 saturated carbocycles. The third-order valence-electron chi connectivity index (χ3n) is 5.28. The van der Waals surface area contributed by atoms with Gasteiger partial charge in [0.25, 0.3) is 5.91 Å². The van der Waals surface area contributed by atoms with Gasteiger partial charge in [-0.15, -0.1) is 0 Å². The molecule has 146 valence electrons. The van der Waals surface area contributed by atoms with Crippen LogP contribution in [0.15, 0.2) is 41.1 Å². The Hall–Kier alpha value is -2.93. The number of piperazine rings is 1. The van der Waals surface area contributed by atoms with Crippen LogP contribution in [0.4, 0.5) is 5.95 Å². The van der Waals surface area contributed by atoms with E-state index in [2.05, 4.69) is 38.1 Å². The normalized spacial score (nSPS) is 15.1. The van der Waals surface area contributed by atoms with Crippen molar-refractivity contribution in [3.63, 3.8) is 0 Å². The lowest BCUT2D eigenvalue weighted by Crippen LogP contribution is -2.49. The number of hydrogen-bond donors (Lipinski definition) is 1. The predicted octanol–water partition coefficient (Wildman–Crippen LogP) is 2.39. The van der Waals surface area contributed by atoms with E-state index < -0.39 is 0 Å². The summed E-state index contributed by atoms with van der Waals surface area (Å²) in [7, 11) is 0. The lowest BCUT2D eigenvalue weighted by molar-refractivity contribution is 0.0922. The summed E-state index contributed by atoms with van der Waals surface area (Å²) < 4.78 is 5.73. The van der Waals surface area contributed by atoms with Crippen LogP contribution >= 0.6 is 0 Å². The highest BCUT2D eigenvalue weighted by Crippen LogP contribution is 2.23. The second-order valence-electron chi connectivity index (χ2n) is 7.22. The van der Waals surface area contributed by atoms with Crippen LogP contribution in [0.5, 0.6) is 0 Å². The molecule has 4 rings (SSSR count). The van der Waals surface area contributed by atoms with E-state index in [0.717, 1.165) is 55.2 Å². The molecule has 0 atom stereocenters. The molecule has 1 saturated heterocycles. The summed E-state index contributed by atoms with van der Waals surface area (Å²) in [5.74, 6) is 0.986. The number of nitrogens with one attached hydrogen (secondary N) is 1. The molecule has 2 aromatic heterocycles. The molecule has 28 heavy (non-hydrogen) atoms. The van der Waals surface area contributed by atoms with Gasteiger partial charge in [0, 0.05) is 57.0 Å². The molecule has 0 aliphatic carbocycles. The van der Waals surface area contributed by atoms with Gasteiger partial charge in [-0.2, -0.15) is 0 Å². The first-order valence-corrected chi connectivity index (χ1v) is 9.63. The Morgan fingerprint density at radius 2 is 1.79 bits per heavy atom. The first-order valence-electron chi connectivity index (χ1n) is 9.63. The zero-order chi connectivity index (χ0) is 19.5. The Kier molecular flexibility index (Phi) is 5.25. The van der Waals surface area contributed by atoms with Crippen LogP contribution in [-0.4, -0.2) is 60.0 Å². The number of aromatic nitrogens is 2. The summed E-state index contributed by atoms with van der Waals surface area (Å²) in [4.78, 5) is 25.5. The molecule has 7 heteroatoms. The van der Waals surface area contributed by atoms with Gasteiger partial charge >= 0.3 is 0 Å². The van der Waals surface area contributed by atoms with E-state index in [1.165, 1.54) is 5.56 Å². The van der Waals surface area contributed by atoms with Crippen molar-refractivity contribution in [1.82, 2.24) is 20.2 Å². The van der Waals surface area contributed by atoms with E-state index in [0.29, 0.717) is 12.3 Å². The van der Waals surface area contributed by atoms with Gasteiger partial charge in [0.1, 0.15) is 5.58 Å². The highest BCUT2D eigenvalue weighted by molar-refractivity contribution is 5.96. The van der Waals surface area contributed by atoms with Gasteiger partial charge in [-0.3, -0.25) is 9.69 Å². The Labute approximate surface area is 164 Å². The fourth-order valence-corrected chi connectivity index (χ4v) is 3.45. The van der Waals surface area contributed by atoms with Crippen LogP contribution in [0.25, 0.3) is 11.0 Å². The molecule has 1 aliphatic heterocycles. The van der Waals surface area contributed by atoms with E-state index in [4.69, 9.17) is 4.42 Å². The fraction of sp³-hybridized carbons (Fsp3) is 0.381. The van der Waals surface area contributed by atoms with E-state index >= 15 is 0 Å². The molecule has 0 unspecified atom stereocenters. The molecule has 0 radical (unpaired) electrons. The van der Waals surface area contributed by atoms with Crippen molar-refractivity contribution in [3.05, 3.63) is 53.5 Å². The lowest BCUT2D eigenvalue weighted by Gasteiger charge is -2.34. The van der Waals surface area contributed by atoms with Crippen LogP contribution in [0.1, 0.15) is 21.7 Å². The molecular weight excluding hydrogens is 354 g/mol. The standard InChI is InChI=1S/C21H25N5O2/c1-15-12-17-14-19(28-18(17)13-16(15)2)20(27)22-6-7-25-8-10-26(11-9-25)21-23-4-3-5-24-21/h3-5,12-14H,6-11H2,1-2H3,(H,22,27). The molecule has 1 aromatic carbocycles. The zero-order valence-corrected chi connectivity index (χ0v) is 16.3. The molecule has 0 spiro atoms. The molecule has 1 amide bonds. The fourth-order valence-electron chi connectivity index (χ4n) is 3.45. The number of rotatable bonds is 5. The van der Waals surface area contributed by atoms with Crippen LogP contribution in [0.3, 0.4) is 0 Å². The highest BCUT2D eigenvalue weighted by Gasteiger charge is 2.19.